The summed E-state index contributed by atoms with van der Waals surface area (Å²) in [6.07, 6.45) is 1.79. The molecular weight excluding hydrogens is 278 g/mol. The molecule has 0 aliphatic rings. The second-order valence-corrected chi connectivity index (χ2v) is 5.12. The zero-order chi connectivity index (χ0) is 12.8. The number of hydrogen-bond donors (Lipinski definition) is 1. The van der Waals surface area contributed by atoms with Crippen LogP contribution in [0.25, 0.3) is 0 Å². The fourth-order valence-electron chi connectivity index (χ4n) is 1.89. The monoisotopic (exact) mass is 297 g/mol. The molecule has 0 bridgehead atoms. The lowest BCUT2D eigenvalue weighted by atomic mass is 10.0. The maximum Gasteiger partial charge on any atom is 0.223 e. The van der Waals surface area contributed by atoms with Crippen molar-refractivity contribution in [1.29, 1.82) is 0 Å². The predicted octanol–water partition coefficient (Wildman–Crippen LogP) is 4.06. The van der Waals surface area contributed by atoms with Crippen molar-refractivity contribution in [2.75, 3.05) is 0 Å². The van der Waals surface area contributed by atoms with Gasteiger partial charge in [-0.25, -0.2) is 0 Å². The summed E-state index contributed by atoms with van der Waals surface area (Å²) in [5.74, 6) is 0.276. The molecule has 0 spiro atoms. The molecule has 0 radical (unpaired) electrons. The van der Waals surface area contributed by atoms with Crippen molar-refractivity contribution in [3.8, 4) is 0 Å². The fraction of sp³-hybridized carbons (Fsp3) is 0.500. The van der Waals surface area contributed by atoms with E-state index in [-0.39, 0.29) is 17.9 Å². The first-order valence-corrected chi connectivity index (χ1v) is 6.94. The Balaban J connectivity index is 2.70. The first-order valence-electron chi connectivity index (χ1n) is 6.14. The molecule has 1 N–H and O–H groups in total. The third-order valence-corrected chi connectivity index (χ3v) is 3.81. The highest BCUT2D eigenvalue weighted by atomic mass is 79.9. The Labute approximate surface area is 112 Å². The summed E-state index contributed by atoms with van der Waals surface area (Å²) < 4.78 is 1.04. The molecular formula is C14H20BrNO. The summed E-state index contributed by atoms with van der Waals surface area (Å²) >= 11 is 3.51. The van der Waals surface area contributed by atoms with E-state index in [0.717, 1.165) is 22.9 Å². The third-order valence-electron chi connectivity index (χ3n) is 3.09. The van der Waals surface area contributed by atoms with Gasteiger partial charge >= 0.3 is 0 Å². The molecule has 0 aliphatic carbocycles. The van der Waals surface area contributed by atoms with Gasteiger partial charge in [0.25, 0.3) is 0 Å². The van der Waals surface area contributed by atoms with Crippen LogP contribution in [-0.4, -0.2) is 5.91 Å². The van der Waals surface area contributed by atoms with E-state index >= 15 is 0 Å². The average molecular weight is 298 g/mol. The fourth-order valence-corrected chi connectivity index (χ4v) is 2.52. The minimum Gasteiger partial charge on any atom is -0.349 e. The summed E-state index contributed by atoms with van der Waals surface area (Å²) in [7, 11) is 0. The number of carbonyl (C=O) groups excluding carboxylic acids is 1. The van der Waals surface area contributed by atoms with Crippen LogP contribution < -0.4 is 5.32 Å². The molecule has 1 aromatic carbocycles. The van der Waals surface area contributed by atoms with Gasteiger partial charge < -0.3 is 5.32 Å². The van der Waals surface area contributed by atoms with E-state index in [4.69, 9.17) is 0 Å². The molecule has 0 heterocycles. The van der Waals surface area contributed by atoms with E-state index in [9.17, 15) is 4.79 Å². The quantitative estimate of drug-likeness (QED) is 0.872. The lowest BCUT2D eigenvalue weighted by molar-refractivity contribution is -0.125. The van der Waals surface area contributed by atoms with Gasteiger partial charge in [-0.3, -0.25) is 4.79 Å². The summed E-state index contributed by atoms with van der Waals surface area (Å²) in [5, 5.41) is 3.07. The molecule has 0 aliphatic heterocycles. The van der Waals surface area contributed by atoms with Gasteiger partial charge in [0, 0.05) is 10.4 Å². The Morgan fingerprint density at radius 1 is 1.29 bits per heavy atom. The number of halogens is 1. The van der Waals surface area contributed by atoms with Gasteiger partial charge in [-0.15, -0.1) is 0 Å². The van der Waals surface area contributed by atoms with E-state index < -0.39 is 0 Å². The molecule has 2 nitrogen and oxygen atoms in total. The van der Waals surface area contributed by atoms with Gasteiger partial charge in [-0.1, -0.05) is 48.0 Å². The predicted molar refractivity (Wildman–Crippen MR) is 74.8 cm³/mol. The molecule has 17 heavy (non-hydrogen) atoms. The smallest absolute Gasteiger partial charge is 0.223 e. The number of benzene rings is 1. The molecule has 3 heteroatoms. The number of nitrogens with one attached hydrogen (secondary N) is 1. The molecule has 0 fully saturated rings. The van der Waals surface area contributed by atoms with Gasteiger partial charge in [0.1, 0.15) is 0 Å². The number of hydrogen-bond acceptors (Lipinski definition) is 1. The summed E-state index contributed by atoms with van der Waals surface area (Å²) in [4.78, 5) is 12.0. The maximum atomic E-state index is 12.0. The molecule has 1 unspecified atom stereocenters. The van der Waals surface area contributed by atoms with Crippen LogP contribution in [0.15, 0.2) is 28.7 Å². The molecule has 0 saturated carbocycles. The van der Waals surface area contributed by atoms with Crippen molar-refractivity contribution in [3.05, 3.63) is 34.3 Å². The van der Waals surface area contributed by atoms with Crippen LogP contribution in [0.2, 0.25) is 0 Å². The Bertz CT molecular complexity index is 374. The Hall–Kier alpha value is -0.830. The van der Waals surface area contributed by atoms with Crippen molar-refractivity contribution >= 4 is 21.8 Å². The highest BCUT2D eigenvalue weighted by Gasteiger charge is 2.17. The third kappa shape index (κ3) is 3.84. The van der Waals surface area contributed by atoms with Crippen molar-refractivity contribution in [2.24, 2.45) is 5.92 Å². The number of carbonyl (C=O) groups is 1. The van der Waals surface area contributed by atoms with Gasteiger partial charge in [0.2, 0.25) is 5.91 Å². The van der Waals surface area contributed by atoms with Gasteiger partial charge in [-0.05, 0) is 31.4 Å². The lowest BCUT2D eigenvalue weighted by Crippen LogP contribution is -2.32. The minimum atomic E-state index is 0.0404. The molecule has 1 amide bonds. The van der Waals surface area contributed by atoms with Gasteiger partial charge in [-0.2, -0.15) is 0 Å². The summed E-state index contributed by atoms with van der Waals surface area (Å²) in [5.41, 5.74) is 1.12. The number of rotatable bonds is 5. The van der Waals surface area contributed by atoms with E-state index in [0.29, 0.717) is 0 Å². The second-order valence-electron chi connectivity index (χ2n) is 4.27. The normalized spacial score (nSPS) is 12.5. The average Bonchev–Trinajstić information content (AvgIpc) is 2.31. The van der Waals surface area contributed by atoms with Crippen LogP contribution in [0, 0.1) is 5.92 Å². The zero-order valence-corrected chi connectivity index (χ0v) is 12.3. The summed E-state index contributed by atoms with van der Waals surface area (Å²) in [6, 6.07) is 8.03. The van der Waals surface area contributed by atoms with Crippen LogP contribution in [0.3, 0.4) is 0 Å². The van der Waals surface area contributed by atoms with E-state index in [2.05, 4.69) is 35.1 Å². The van der Waals surface area contributed by atoms with Gasteiger partial charge in [0.15, 0.2) is 0 Å². The van der Waals surface area contributed by atoms with Gasteiger partial charge in [0.05, 0.1) is 6.04 Å². The van der Waals surface area contributed by atoms with E-state index in [1.54, 1.807) is 0 Å². The van der Waals surface area contributed by atoms with Crippen LogP contribution >= 0.6 is 15.9 Å². The molecule has 0 saturated heterocycles. The number of amides is 1. The second kappa shape index (κ2) is 6.80. The maximum absolute atomic E-state index is 12.0. The summed E-state index contributed by atoms with van der Waals surface area (Å²) in [6.45, 7) is 6.12. The molecule has 94 valence electrons. The van der Waals surface area contributed by atoms with Crippen LogP contribution in [-0.2, 0) is 4.79 Å². The SMILES string of the molecule is CCC(CC)C(=O)NC(C)c1ccccc1Br. The van der Waals surface area contributed by atoms with Crippen LogP contribution in [0.1, 0.15) is 45.2 Å². The standard InChI is InChI=1S/C14H20BrNO/c1-4-11(5-2)14(17)16-10(3)12-8-6-7-9-13(12)15/h6-11H,4-5H2,1-3H3,(H,16,17). The highest BCUT2D eigenvalue weighted by molar-refractivity contribution is 9.10. The largest absolute Gasteiger partial charge is 0.349 e. The van der Waals surface area contributed by atoms with Crippen molar-refractivity contribution in [3.63, 3.8) is 0 Å². The lowest BCUT2D eigenvalue weighted by Gasteiger charge is -2.19. The van der Waals surface area contributed by atoms with E-state index in [1.165, 1.54) is 0 Å². The Kier molecular flexibility index (Phi) is 5.69. The molecule has 1 rings (SSSR count). The molecule has 0 aromatic heterocycles. The van der Waals surface area contributed by atoms with Crippen LogP contribution in [0.5, 0.6) is 0 Å². The first kappa shape index (κ1) is 14.2. The zero-order valence-electron chi connectivity index (χ0n) is 10.7. The molecule has 1 aromatic rings. The Morgan fingerprint density at radius 2 is 1.88 bits per heavy atom. The first-order chi connectivity index (χ1) is 8.10. The van der Waals surface area contributed by atoms with Crippen molar-refractivity contribution in [2.45, 2.75) is 39.7 Å². The highest BCUT2D eigenvalue weighted by Crippen LogP contribution is 2.23. The van der Waals surface area contributed by atoms with Crippen molar-refractivity contribution in [1.82, 2.24) is 5.32 Å². The van der Waals surface area contributed by atoms with E-state index in [1.807, 2.05) is 31.2 Å². The Morgan fingerprint density at radius 3 is 2.41 bits per heavy atom. The topological polar surface area (TPSA) is 29.1 Å². The molecule has 1 atom stereocenters. The van der Waals surface area contributed by atoms with Crippen molar-refractivity contribution < 1.29 is 4.79 Å². The minimum absolute atomic E-state index is 0.0404. The van der Waals surface area contributed by atoms with Crippen LogP contribution in [0.4, 0.5) is 0 Å².